The number of hydrogen-bond donors (Lipinski definition) is 0. The third-order valence-electron chi connectivity index (χ3n) is 3.71. The number of rotatable bonds is 2. The van der Waals surface area contributed by atoms with Crippen LogP contribution >= 0.6 is 0 Å². The highest BCUT2D eigenvalue weighted by molar-refractivity contribution is 5.92. The van der Waals surface area contributed by atoms with Crippen molar-refractivity contribution in [1.82, 2.24) is 19.9 Å². The third-order valence-corrected chi connectivity index (χ3v) is 3.71. The van der Waals surface area contributed by atoms with Gasteiger partial charge in [0.05, 0.1) is 24.1 Å². The SMILES string of the molecule is Cc1cc(F)cc(-n2cc(C(=O)N3CC(C)OC(C)C3)nn2)c1. The molecular weight excluding hydrogens is 299 g/mol. The Morgan fingerprint density at radius 1 is 1.26 bits per heavy atom. The molecule has 0 N–H and O–H groups in total. The number of carbonyl (C=O) groups is 1. The van der Waals surface area contributed by atoms with Crippen LogP contribution in [0.3, 0.4) is 0 Å². The van der Waals surface area contributed by atoms with E-state index in [0.717, 1.165) is 5.56 Å². The molecule has 2 heterocycles. The Kier molecular flexibility index (Phi) is 4.12. The zero-order valence-electron chi connectivity index (χ0n) is 13.4. The van der Waals surface area contributed by atoms with Crippen molar-refractivity contribution in [3.8, 4) is 5.69 Å². The topological polar surface area (TPSA) is 60.2 Å². The van der Waals surface area contributed by atoms with Crippen LogP contribution in [0.4, 0.5) is 4.39 Å². The Morgan fingerprint density at radius 2 is 1.96 bits per heavy atom. The summed E-state index contributed by atoms with van der Waals surface area (Å²) in [5.41, 5.74) is 1.56. The van der Waals surface area contributed by atoms with Crippen molar-refractivity contribution >= 4 is 5.91 Å². The fraction of sp³-hybridized carbons (Fsp3) is 0.438. The minimum atomic E-state index is -0.348. The lowest BCUT2D eigenvalue weighted by Gasteiger charge is -2.34. The number of nitrogens with zero attached hydrogens (tertiary/aromatic N) is 4. The number of amides is 1. The van der Waals surface area contributed by atoms with E-state index in [-0.39, 0.29) is 29.6 Å². The normalized spacial score (nSPS) is 21.5. The van der Waals surface area contributed by atoms with E-state index < -0.39 is 0 Å². The van der Waals surface area contributed by atoms with Crippen LogP contribution in [0.1, 0.15) is 29.9 Å². The van der Waals surface area contributed by atoms with Crippen molar-refractivity contribution in [3.05, 3.63) is 41.5 Å². The van der Waals surface area contributed by atoms with Crippen molar-refractivity contribution in [2.75, 3.05) is 13.1 Å². The molecular formula is C16H19FN4O2. The van der Waals surface area contributed by atoms with Gasteiger partial charge in [0.15, 0.2) is 5.69 Å². The van der Waals surface area contributed by atoms with Gasteiger partial charge in [0.25, 0.3) is 5.91 Å². The van der Waals surface area contributed by atoms with E-state index in [1.807, 2.05) is 13.8 Å². The molecule has 0 saturated carbocycles. The van der Waals surface area contributed by atoms with Crippen molar-refractivity contribution in [3.63, 3.8) is 0 Å². The van der Waals surface area contributed by atoms with Crippen molar-refractivity contribution < 1.29 is 13.9 Å². The van der Waals surface area contributed by atoms with E-state index in [9.17, 15) is 9.18 Å². The molecule has 23 heavy (non-hydrogen) atoms. The van der Waals surface area contributed by atoms with Crippen LogP contribution in [0.5, 0.6) is 0 Å². The fourth-order valence-electron chi connectivity index (χ4n) is 2.84. The zero-order valence-corrected chi connectivity index (χ0v) is 13.4. The molecule has 0 bridgehead atoms. The molecule has 1 fully saturated rings. The number of morpholine rings is 1. The molecule has 1 aliphatic heterocycles. The molecule has 2 aromatic rings. The first-order valence-corrected chi connectivity index (χ1v) is 7.57. The predicted octanol–water partition coefficient (Wildman–Crippen LogP) is 1.96. The Bertz CT molecular complexity index is 700. The van der Waals surface area contributed by atoms with Crippen LogP contribution in [0.2, 0.25) is 0 Å². The van der Waals surface area contributed by atoms with Crippen LogP contribution in [-0.2, 0) is 4.74 Å². The zero-order chi connectivity index (χ0) is 16.6. The van der Waals surface area contributed by atoms with E-state index in [1.165, 1.54) is 23.0 Å². The molecule has 1 aromatic heterocycles. The average Bonchev–Trinajstić information content (AvgIpc) is 2.94. The molecule has 0 aliphatic carbocycles. The maximum Gasteiger partial charge on any atom is 0.276 e. The highest BCUT2D eigenvalue weighted by atomic mass is 19.1. The van der Waals surface area contributed by atoms with Crippen LogP contribution < -0.4 is 0 Å². The molecule has 0 radical (unpaired) electrons. The maximum atomic E-state index is 13.5. The van der Waals surface area contributed by atoms with Gasteiger partial charge in [-0.25, -0.2) is 9.07 Å². The molecule has 1 aliphatic rings. The summed E-state index contributed by atoms with van der Waals surface area (Å²) in [6, 6.07) is 4.57. The largest absolute Gasteiger partial charge is 0.372 e. The number of aromatic nitrogens is 3. The first kappa shape index (κ1) is 15.6. The van der Waals surface area contributed by atoms with Crippen LogP contribution in [0, 0.1) is 12.7 Å². The van der Waals surface area contributed by atoms with Gasteiger partial charge in [0.2, 0.25) is 0 Å². The number of benzene rings is 1. The number of aryl methyl sites for hydroxylation is 1. The third kappa shape index (κ3) is 3.39. The van der Waals surface area contributed by atoms with Crippen LogP contribution in [0.25, 0.3) is 5.69 Å². The second-order valence-electron chi connectivity index (χ2n) is 6.00. The van der Waals surface area contributed by atoms with Gasteiger partial charge in [-0.2, -0.15) is 0 Å². The standard InChI is InChI=1S/C16H19FN4O2/c1-10-4-13(17)6-14(5-10)21-9-15(18-19-21)16(22)20-7-11(2)23-12(3)8-20/h4-6,9,11-12H,7-8H2,1-3H3. The summed E-state index contributed by atoms with van der Waals surface area (Å²) < 4.78 is 20.5. The van der Waals surface area contributed by atoms with Gasteiger partial charge in [0.1, 0.15) is 5.82 Å². The minimum absolute atomic E-state index is 0.0105. The molecule has 1 saturated heterocycles. The predicted molar refractivity (Wildman–Crippen MR) is 82.0 cm³/mol. The summed E-state index contributed by atoms with van der Waals surface area (Å²) in [7, 11) is 0. The smallest absolute Gasteiger partial charge is 0.276 e. The first-order valence-electron chi connectivity index (χ1n) is 7.57. The van der Waals surface area contributed by atoms with Gasteiger partial charge in [-0.05, 0) is 44.5 Å². The van der Waals surface area contributed by atoms with E-state index in [1.54, 1.807) is 17.9 Å². The second kappa shape index (κ2) is 6.08. The van der Waals surface area contributed by atoms with Gasteiger partial charge in [0, 0.05) is 13.1 Å². The molecule has 3 rings (SSSR count). The molecule has 2 atom stereocenters. The summed E-state index contributed by atoms with van der Waals surface area (Å²) in [5, 5.41) is 7.88. The maximum absolute atomic E-state index is 13.5. The first-order chi connectivity index (χ1) is 10.9. The summed E-state index contributed by atoms with van der Waals surface area (Å²) in [6.07, 6.45) is 1.51. The van der Waals surface area contributed by atoms with Crippen LogP contribution in [0.15, 0.2) is 24.4 Å². The number of halogens is 1. The average molecular weight is 318 g/mol. The van der Waals surface area contributed by atoms with Gasteiger partial charge in [-0.15, -0.1) is 5.10 Å². The van der Waals surface area contributed by atoms with Crippen molar-refractivity contribution in [1.29, 1.82) is 0 Å². The molecule has 6 nitrogen and oxygen atoms in total. The lowest BCUT2D eigenvalue weighted by molar-refractivity contribution is -0.0587. The van der Waals surface area contributed by atoms with E-state index >= 15 is 0 Å². The highest BCUT2D eigenvalue weighted by Gasteiger charge is 2.28. The van der Waals surface area contributed by atoms with Gasteiger partial charge in [-0.3, -0.25) is 4.79 Å². The van der Waals surface area contributed by atoms with E-state index in [2.05, 4.69) is 10.3 Å². The lowest BCUT2D eigenvalue weighted by atomic mass is 10.2. The quantitative estimate of drug-likeness (QED) is 0.849. The Labute approximate surface area is 133 Å². The summed E-state index contributed by atoms with van der Waals surface area (Å²) in [5.74, 6) is -0.536. The Balaban J connectivity index is 1.82. The van der Waals surface area contributed by atoms with Crippen molar-refractivity contribution in [2.24, 2.45) is 0 Å². The van der Waals surface area contributed by atoms with E-state index in [0.29, 0.717) is 18.8 Å². The monoisotopic (exact) mass is 318 g/mol. The molecule has 1 aromatic carbocycles. The Morgan fingerprint density at radius 3 is 2.61 bits per heavy atom. The van der Waals surface area contributed by atoms with Crippen LogP contribution in [-0.4, -0.2) is 51.1 Å². The molecule has 1 amide bonds. The van der Waals surface area contributed by atoms with Crippen molar-refractivity contribution in [2.45, 2.75) is 33.0 Å². The molecule has 122 valence electrons. The molecule has 7 heteroatoms. The second-order valence-corrected chi connectivity index (χ2v) is 6.00. The molecule has 2 unspecified atom stereocenters. The number of hydrogen-bond acceptors (Lipinski definition) is 4. The summed E-state index contributed by atoms with van der Waals surface area (Å²) in [4.78, 5) is 14.3. The lowest BCUT2D eigenvalue weighted by Crippen LogP contribution is -2.48. The minimum Gasteiger partial charge on any atom is -0.372 e. The summed E-state index contributed by atoms with van der Waals surface area (Å²) in [6.45, 7) is 6.71. The van der Waals surface area contributed by atoms with Gasteiger partial charge in [-0.1, -0.05) is 5.21 Å². The Hall–Kier alpha value is -2.28. The van der Waals surface area contributed by atoms with Gasteiger partial charge >= 0.3 is 0 Å². The highest BCUT2D eigenvalue weighted by Crippen LogP contribution is 2.15. The van der Waals surface area contributed by atoms with E-state index in [4.69, 9.17) is 4.74 Å². The summed E-state index contributed by atoms with van der Waals surface area (Å²) >= 11 is 0. The number of ether oxygens (including phenoxy) is 1. The molecule has 0 spiro atoms. The fourth-order valence-corrected chi connectivity index (χ4v) is 2.84. The van der Waals surface area contributed by atoms with Gasteiger partial charge < -0.3 is 9.64 Å². The number of carbonyl (C=O) groups excluding carboxylic acids is 1.